The normalized spacial score (nSPS) is 46.6. The third-order valence-corrected chi connectivity index (χ3v) is 2.78. The van der Waals surface area contributed by atoms with Crippen molar-refractivity contribution in [2.45, 2.75) is 18.4 Å². The van der Waals surface area contributed by atoms with Crippen molar-refractivity contribution in [3.05, 3.63) is 12.2 Å². The highest BCUT2D eigenvalue weighted by Gasteiger charge is 2.49. The Hall–Kier alpha value is -0.830. The first-order chi connectivity index (χ1) is 5.12. The minimum absolute atomic E-state index is 0.350. The highest BCUT2D eigenvalue weighted by Crippen LogP contribution is 2.44. The summed E-state index contributed by atoms with van der Waals surface area (Å²) in [7, 11) is 0. The predicted molar refractivity (Wildman–Crippen MR) is 39.9 cm³/mol. The summed E-state index contributed by atoms with van der Waals surface area (Å²) >= 11 is 0. The number of hydrogen-bond donors (Lipinski definition) is 2. The molecule has 11 heavy (non-hydrogen) atoms. The average molecular weight is 153 g/mol. The van der Waals surface area contributed by atoms with Gasteiger partial charge in [0.2, 0.25) is 0 Å². The van der Waals surface area contributed by atoms with Crippen LogP contribution in [0.5, 0.6) is 0 Å². The highest BCUT2D eigenvalue weighted by molar-refractivity contribution is 5.73. The van der Waals surface area contributed by atoms with Crippen molar-refractivity contribution in [1.82, 2.24) is 0 Å². The van der Waals surface area contributed by atoms with E-state index in [0.717, 1.165) is 12.8 Å². The van der Waals surface area contributed by atoms with Crippen molar-refractivity contribution in [2.24, 2.45) is 17.6 Å². The quantitative estimate of drug-likeness (QED) is 0.535. The molecule has 2 aliphatic rings. The van der Waals surface area contributed by atoms with Crippen molar-refractivity contribution in [1.29, 1.82) is 0 Å². The maximum absolute atomic E-state index is 10.7. The third kappa shape index (κ3) is 0.807. The summed E-state index contributed by atoms with van der Waals surface area (Å²) in [5.74, 6) is -0.682. The molecule has 2 aliphatic carbocycles. The second-order valence-corrected chi connectivity index (χ2v) is 3.56. The van der Waals surface area contributed by atoms with Gasteiger partial charge in [-0.05, 0) is 18.8 Å². The average Bonchev–Trinajstić information content (AvgIpc) is 2.41. The second kappa shape index (κ2) is 1.85. The predicted octanol–water partition coefficient (Wildman–Crippen LogP) is 0.364. The molecule has 0 spiro atoms. The van der Waals surface area contributed by atoms with Crippen molar-refractivity contribution in [3.8, 4) is 0 Å². The van der Waals surface area contributed by atoms with Crippen LogP contribution in [-0.4, -0.2) is 16.6 Å². The first kappa shape index (κ1) is 6.85. The summed E-state index contributed by atoms with van der Waals surface area (Å²) in [6.45, 7) is 0. The number of rotatable bonds is 1. The van der Waals surface area contributed by atoms with E-state index in [0.29, 0.717) is 5.92 Å². The number of nitrogens with two attached hydrogens (primary N) is 1. The van der Waals surface area contributed by atoms with Gasteiger partial charge in [0.25, 0.3) is 0 Å². The summed E-state index contributed by atoms with van der Waals surface area (Å²) < 4.78 is 0. The van der Waals surface area contributed by atoms with E-state index in [1.54, 1.807) is 0 Å². The maximum atomic E-state index is 10.7. The SMILES string of the molecule is N[C@@]12C=C[C@@H](C[C@H]1C(=O)O)C2. The van der Waals surface area contributed by atoms with Crippen molar-refractivity contribution >= 4 is 5.97 Å². The van der Waals surface area contributed by atoms with E-state index in [9.17, 15) is 4.79 Å². The van der Waals surface area contributed by atoms with E-state index in [4.69, 9.17) is 10.8 Å². The van der Waals surface area contributed by atoms with Gasteiger partial charge in [-0.1, -0.05) is 12.2 Å². The zero-order chi connectivity index (χ0) is 8.06. The van der Waals surface area contributed by atoms with E-state index in [-0.39, 0.29) is 5.92 Å². The Morgan fingerprint density at radius 1 is 1.73 bits per heavy atom. The van der Waals surface area contributed by atoms with Crippen LogP contribution in [0.4, 0.5) is 0 Å². The molecule has 0 aliphatic heterocycles. The van der Waals surface area contributed by atoms with E-state index in [1.165, 1.54) is 0 Å². The summed E-state index contributed by atoms with van der Waals surface area (Å²) in [5, 5.41) is 8.79. The van der Waals surface area contributed by atoms with Crippen LogP contribution < -0.4 is 5.73 Å². The molecule has 60 valence electrons. The maximum Gasteiger partial charge on any atom is 0.308 e. The van der Waals surface area contributed by atoms with Gasteiger partial charge in [0.05, 0.1) is 5.92 Å². The Bertz CT molecular complexity index is 236. The molecule has 3 heteroatoms. The van der Waals surface area contributed by atoms with Gasteiger partial charge in [-0.15, -0.1) is 0 Å². The number of carboxylic acid groups (broad SMARTS) is 1. The van der Waals surface area contributed by atoms with E-state index < -0.39 is 11.5 Å². The number of aliphatic carboxylic acids is 1. The second-order valence-electron chi connectivity index (χ2n) is 3.56. The van der Waals surface area contributed by atoms with Crippen molar-refractivity contribution < 1.29 is 9.90 Å². The van der Waals surface area contributed by atoms with Gasteiger partial charge in [0, 0.05) is 5.54 Å². The highest BCUT2D eigenvalue weighted by atomic mass is 16.4. The number of carboxylic acids is 1. The lowest BCUT2D eigenvalue weighted by Crippen LogP contribution is -2.44. The number of carbonyl (C=O) groups is 1. The molecule has 1 fully saturated rings. The number of hydrogen-bond acceptors (Lipinski definition) is 2. The van der Waals surface area contributed by atoms with Crippen LogP contribution in [0.25, 0.3) is 0 Å². The van der Waals surface area contributed by atoms with Gasteiger partial charge in [0.1, 0.15) is 0 Å². The molecule has 2 bridgehead atoms. The van der Waals surface area contributed by atoms with Crippen LogP contribution in [0.3, 0.4) is 0 Å². The molecule has 0 aromatic heterocycles. The fraction of sp³-hybridized carbons (Fsp3) is 0.625. The molecule has 0 aromatic rings. The molecule has 0 unspecified atom stereocenters. The molecule has 2 rings (SSSR count). The molecule has 0 heterocycles. The first-order valence-electron chi connectivity index (χ1n) is 3.83. The van der Waals surface area contributed by atoms with Crippen LogP contribution in [-0.2, 0) is 4.79 Å². The monoisotopic (exact) mass is 153 g/mol. The molecule has 3 nitrogen and oxygen atoms in total. The lowest BCUT2D eigenvalue weighted by molar-refractivity contribution is -0.142. The van der Waals surface area contributed by atoms with Crippen LogP contribution in [0.1, 0.15) is 12.8 Å². The number of fused-ring (bicyclic) bond motifs is 2. The van der Waals surface area contributed by atoms with Gasteiger partial charge in [0.15, 0.2) is 0 Å². The minimum Gasteiger partial charge on any atom is -0.481 e. The summed E-state index contributed by atoms with van der Waals surface area (Å²) in [4.78, 5) is 10.7. The molecule has 0 amide bonds. The lowest BCUT2D eigenvalue weighted by Gasteiger charge is -2.23. The lowest BCUT2D eigenvalue weighted by atomic mass is 9.87. The van der Waals surface area contributed by atoms with Crippen molar-refractivity contribution in [2.75, 3.05) is 0 Å². The Morgan fingerprint density at radius 3 is 2.73 bits per heavy atom. The Morgan fingerprint density at radius 2 is 2.45 bits per heavy atom. The Kier molecular flexibility index (Phi) is 1.16. The first-order valence-corrected chi connectivity index (χ1v) is 3.83. The van der Waals surface area contributed by atoms with E-state index in [2.05, 4.69) is 0 Å². The van der Waals surface area contributed by atoms with Gasteiger partial charge in [-0.2, -0.15) is 0 Å². The van der Waals surface area contributed by atoms with Crippen LogP contribution >= 0.6 is 0 Å². The fourth-order valence-corrected chi connectivity index (χ4v) is 2.18. The molecule has 3 N–H and O–H groups in total. The van der Waals surface area contributed by atoms with Crippen LogP contribution in [0.15, 0.2) is 12.2 Å². The van der Waals surface area contributed by atoms with Crippen LogP contribution in [0.2, 0.25) is 0 Å². The van der Waals surface area contributed by atoms with Gasteiger partial charge >= 0.3 is 5.97 Å². The molecular formula is C8H11NO2. The van der Waals surface area contributed by atoms with Gasteiger partial charge in [-0.3, -0.25) is 4.79 Å². The summed E-state index contributed by atoms with van der Waals surface area (Å²) in [5.41, 5.74) is 5.35. The molecule has 0 aromatic carbocycles. The zero-order valence-corrected chi connectivity index (χ0v) is 6.16. The third-order valence-electron chi connectivity index (χ3n) is 2.78. The molecular weight excluding hydrogens is 142 g/mol. The largest absolute Gasteiger partial charge is 0.481 e. The van der Waals surface area contributed by atoms with Crippen LogP contribution in [0, 0.1) is 11.8 Å². The molecule has 0 radical (unpaired) electrons. The summed E-state index contributed by atoms with van der Waals surface area (Å²) in [6.07, 6.45) is 5.45. The van der Waals surface area contributed by atoms with E-state index >= 15 is 0 Å². The Balaban J connectivity index is 2.29. The Labute approximate surface area is 64.9 Å². The minimum atomic E-state index is -0.751. The molecule has 1 saturated carbocycles. The topological polar surface area (TPSA) is 63.3 Å². The molecule has 3 atom stereocenters. The number of allylic oxidation sites excluding steroid dienone is 1. The standard InChI is InChI=1S/C8H11NO2/c9-8-2-1-5(4-8)3-6(8)7(10)11/h1-2,5-6H,3-4,9H2,(H,10,11)/t5-,6-,8+/m0/s1. The molecule has 0 saturated heterocycles. The summed E-state index contributed by atoms with van der Waals surface area (Å²) in [6, 6.07) is 0. The van der Waals surface area contributed by atoms with Gasteiger partial charge < -0.3 is 10.8 Å². The zero-order valence-electron chi connectivity index (χ0n) is 6.16. The fourth-order valence-electron chi connectivity index (χ4n) is 2.18. The van der Waals surface area contributed by atoms with Gasteiger partial charge in [-0.25, -0.2) is 0 Å². The smallest absolute Gasteiger partial charge is 0.308 e. The van der Waals surface area contributed by atoms with Crippen molar-refractivity contribution in [3.63, 3.8) is 0 Å². The van der Waals surface area contributed by atoms with E-state index in [1.807, 2.05) is 12.2 Å².